The van der Waals surface area contributed by atoms with Crippen LogP contribution in [-0.2, 0) is 0 Å². The normalized spacial score (nSPS) is 31.9. The fourth-order valence-electron chi connectivity index (χ4n) is 3.61. The summed E-state index contributed by atoms with van der Waals surface area (Å²) in [5.74, 6) is -0.500. The summed E-state index contributed by atoms with van der Waals surface area (Å²) < 4.78 is 27.4. The van der Waals surface area contributed by atoms with Gasteiger partial charge in [-0.25, -0.2) is 8.78 Å². The van der Waals surface area contributed by atoms with Gasteiger partial charge in [0, 0.05) is 5.56 Å². The second-order valence-electron chi connectivity index (χ2n) is 5.73. The molecule has 0 heterocycles. The summed E-state index contributed by atoms with van der Waals surface area (Å²) in [4.78, 5) is 0. The third-order valence-electron chi connectivity index (χ3n) is 4.71. The molecule has 3 heteroatoms. The fraction of sp³-hybridized carbons (Fsp3) is 0.600. The predicted octanol–water partition coefficient (Wildman–Crippen LogP) is 3.74. The van der Waals surface area contributed by atoms with Crippen LogP contribution in [-0.4, -0.2) is 5.11 Å². The summed E-state index contributed by atoms with van der Waals surface area (Å²) in [6.07, 6.45) is 3.82. The molecule has 0 aromatic heterocycles. The Morgan fingerprint density at radius 2 is 1.72 bits per heavy atom. The first-order valence-corrected chi connectivity index (χ1v) is 6.74. The van der Waals surface area contributed by atoms with Crippen LogP contribution in [0.1, 0.15) is 42.9 Å². The topological polar surface area (TPSA) is 20.2 Å². The monoisotopic (exact) mass is 252 g/mol. The molecule has 2 aliphatic carbocycles. The van der Waals surface area contributed by atoms with Crippen molar-refractivity contribution in [3.05, 3.63) is 34.9 Å². The highest BCUT2D eigenvalue weighted by Crippen LogP contribution is 2.60. The number of halogens is 2. The van der Waals surface area contributed by atoms with Gasteiger partial charge in [-0.15, -0.1) is 0 Å². The largest absolute Gasteiger partial charge is 0.388 e. The molecule has 1 N–H and O–H groups in total. The van der Waals surface area contributed by atoms with Crippen molar-refractivity contribution < 1.29 is 13.9 Å². The zero-order valence-electron chi connectivity index (χ0n) is 10.5. The summed E-state index contributed by atoms with van der Waals surface area (Å²) in [6, 6.07) is 3.08. The van der Waals surface area contributed by atoms with Crippen LogP contribution < -0.4 is 0 Å². The first kappa shape index (κ1) is 12.1. The van der Waals surface area contributed by atoms with Gasteiger partial charge in [0.05, 0.1) is 6.10 Å². The molecule has 1 aromatic carbocycles. The smallest absolute Gasteiger partial charge is 0.164 e. The van der Waals surface area contributed by atoms with Crippen LogP contribution in [0, 0.1) is 36.3 Å². The highest BCUT2D eigenvalue weighted by molar-refractivity contribution is 5.29. The molecule has 0 bridgehead atoms. The van der Waals surface area contributed by atoms with Gasteiger partial charge in [-0.2, -0.15) is 0 Å². The van der Waals surface area contributed by atoms with E-state index in [4.69, 9.17) is 0 Å². The minimum absolute atomic E-state index is 0.137. The van der Waals surface area contributed by atoms with Crippen molar-refractivity contribution >= 4 is 0 Å². The first-order chi connectivity index (χ1) is 8.61. The lowest BCUT2D eigenvalue weighted by Crippen LogP contribution is -2.07. The molecule has 3 unspecified atom stereocenters. The fourth-order valence-corrected chi connectivity index (χ4v) is 3.61. The number of rotatable bonds is 2. The molecule has 2 saturated carbocycles. The highest BCUT2D eigenvalue weighted by atomic mass is 19.2. The van der Waals surface area contributed by atoms with E-state index in [-0.39, 0.29) is 17.0 Å². The molecule has 2 aliphatic rings. The molecule has 2 fully saturated rings. The third-order valence-corrected chi connectivity index (χ3v) is 4.71. The number of aryl methyl sites for hydroxylation is 1. The molecule has 0 spiro atoms. The Labute approximate surface area is 106 Å². The molecule has 1 nitrogen and oxygen atoms in total. The molecule has 0 saturated heterocycles. The maximum absolute atomic E-state index is 13.8. The Morgan fingerprint density at radius 1 is 1.11 bits per heavy atom. The molecule has 3 rings (SSSR count). The second kappa shape index (κ2) is 4.30. The van der Waals surface area contributed by atoms with Gasteiger partial charge in [0.25, 0.3) is 0 Å². The lowest BCUT2D eigenvalue weighted by Gasteiger charge is -2.13. The Morgan fingerprint density at radius 3 is 2.33 bits per heavy atom. The van der Waals surface area contributed by atoms with E-state index in [1.165, 1.54) is 25.8 Å². The summed E-state index contributed by atoms with van der Waals surface area (Å²) in [5, 5.41) is 10.3. The minimum Gasteiger partial charge on any atom is -0.388 e. The van der Waals surface area contributed by atoms with E-state index in [1.54, 1.807) is 6.07 Å². The molecule has 0 amide bonds. The van der Waals surface area contributed by atoms with E-state index in [0.717, 1.165) is 12.8 Å². The van der Waals surface area contributed by atoms with Crippen molar-refractivity contribution in [2.45, 2.75) is 38.7 Å². The number of benzene rings is 1. The molecule has 0 aliphatic heterocycles. The second-order valence-corrected chi connectivity index (χ2v) is 5.73. The van der Waals surface area contributed by atoms with Gasteiger partial charge < -0.3 is 5.11 Å². The molecule has 18 heavy (non-hydrogen) atoms. The number of aliphatic hydroxyl groups excluding tert-OH is 1. The van der Waals surface area contributed by atoms with Crippen LogP contribution in [0.5, 0.6) is 0 Å². The van der Waals surface area contributed by atoms with E-state index >= 15 is 0 Å². The van der Waals surface area contributed by atoms with Crippen LogP contribution >= 0.6 is 0 Å². The lowest BCUT2D eigenvalue weighted by molar-refractivity contribution is 0.137. The van der Waals surface area contributed by atoms with Crippen molar-refractivity contribution in [3.8, 4) is 0 Å². The summed E-state index contributed by atoms with van der Waals surface area (Å²) in [5.41, 5.74) is 0.425. The minimum atomic E-state index is -0.869. The zero-order chi connectivity index (χ0) is 12.9. The van der Waals surface area contributed by atoms with Crippen molar-refractivity contribution in [3.63, 3.8) is 0 Å². The van der Waals surface area contributed by atoms with Crippen LogP contribution in [0.15, 0.2) is 12.1 Å². The number of fused-ring (bicyclic) bond motifs is 1. The number of aliphatic hydroxyl groups is 1. The third kappa shape index (κ3) is 1.76. The van der Waals surface area contributed by atoms with Gasteiger partial charge in [0.2, 0.25) is 0 Å². The van der Waals surface area contributed by atoms with Crippen molar-refractivity contribution in [2.75, 3.05) is 0 Å². The van der Waals surface area contributed by atoms with Gasteiger partial charge in [-0.1, -0.05) is 25.0 Å². The Bertz CT molecular complexity index is 460. The Balaban J connectivity index is 1.85. The quantitative estimate of drug-likeness (QED) is 0.850. The van der Waals surface area contributed by atoms with Crippen molar-refractivity contribution in [1.29, 1.82) is 0 Å². The molecule has 1 aromatic rings. The SMILES string of the molecule is Cc1ccc(C(O)C2C3CCCCC32)c(F)c1F. The lowest BCUT2D eigenvalue weighted by atomic mass is 10.0. The Hall–Kier alpha value is -0.960. The van der Waals surface area contributed by atoms with Crippen LogP contribution in [0.3, 0.4) is 0 Å². The average Bonchev–Trinajstić information content (AvgIpc) is 3.10. The Kier molecular flexibility index (Phi) is 2.89. The van der Waals surface area contributed by atoms with Crippen LogP contribution in [0.25, 0.3) is 0 Å². The van der Waals surface area contributed by atoms with Gasteiger partial charge in [0.15, 0.2) is 11.6 Å². The molecule has 0 radical (unpaired) electrons. The zero-order valence-corrected chi connectivity index (χ0v) is 10.5. The molecule has 98 valence electrons. The molecule has 3 atom stereocenters. The van der Waals surface area contributed by atoms with Crippen LogP contribution in [0.4, 0.5) is 8.78 Å². The summed E-state index contributed by atoms with van der Waals surface area (Å²) >= 11 is 0. The number of hydrogen-bond donors (Lipinski definition) is 1. The predicted molar refractivity (Wildman–Crippen MR) is 65.0 cm³/mol. The van der Waals surface area contributed by atoms with Gasteiger partial charge in [-0.05, 0) is 43.1 Å². The van der Waals surface area contributed by atoms with Crippen LogP contribution in [0.2, 0.25) is 0 Å². The molecular formula is C15H18F2O. The van der Waals surface area contributed by atoms with E-state index in [1.807, 2.05) is 0 Å². The standard InChI is InChI=1S/C15H18F2O/c1-8-6-7-11(14(17)13(8)16)15(18)12-9-4-2-3-5-10(9)12/h6-7,9-10,12,15,18H,2-5H2,1H3. The number of hydrogen-bond acceptors (Lipinski definition) is 1. The highest BCUT2D eigenvalue weighted by Gasteiger charge is 2.54. The average molecular weight is 252 g/mol. The summed E-state index contributed by atoms with van der Waals surface area (Å²) in [6.45, 7) is 1.53. The maximum atomic E-state index is 13.8. The molecular weight excluding hydrogens is 234 g/mol. The van der Waals surface area contributed by atoms with Gasteiger partial charge in [-0.3, -0.25) is 0 Å². The van der Waals surface area contributed by atoms with Gasteiger partial charge >= 0.3 is 0 Å². The van der Waals surface area contributed by atoms with E-state index in [9.17, 15) is 13.9 Å². The van der Waals surface area contributed by atoms with E-state index in [2.05, 4.69) is 0 Å². The first-order valence-electron chi connectivity index (χ1n) is 6.74. The van der Waals surface area contributed by atoms with Crippen molar-refractivity contribution in [2.24, 2.45) is 17.8 Å². The summed E-state index contributed by atoms with van der Waals surface area (Å²) in [7, 11) is 0. The van der Waals surface area contributed by atoms with E-state index in [0.29, 0.717) is 11.8 Å². The van der Waals surface area contributed by atoms with E-state index < -0.39 is 17.7 Å². The van der Waals surface area contributed by atoms with Gasteiger partial charge in [0.1, 0.15) is 0 Å². The maximum Gasteiger partial charge on any atom is 0.164 e. The van der Waals surface area contributed by atoms with Crippen molar-refractivity contribution in [1.82, 2.24) is 0 Å².